The molecule has 92 valence electrons. The van der Waals surface area contributed by atoms with Gasteiger partial charge in [-0.25, -0.2) is 5.48 Å². The van der Waals surface area contributed by atoms with Crippen LogP contribution < -0.4 is 10.8 Å². The lowest BCUT2D eigenvalue weighted by molar-refractivity contribution is 0.0242. The normalized spacial score (nSPS) is 19.2. The van der Waals surface area contributed by atoms with Crippen molar-refractivity contribution in [3.8, 4) is 0 Å². The summed E-state index contributed by atoms with van der Waals surface area (Å²) in [6, 6.07) is 7.02. The lowest BCUT2D eigenvalue weighted by Crippen LogP contribution is -2.32. The molecule has 4 nitrogen and oxygen atoms in total. The highest BCUT2D eigenvalue weighted by Crippen LogP contribution is 2.09. The summed E-state index contributed by atoms with van der Waals surface area (Å²) in [5.74, 6) is -0.250. The molecule has 1 atom stereocenters. The number of carbonyl (C=O) groups excluding carboxylic acids is 1. The molecule has 5 heteroatoms. The molecule has 0 aromatic heterocycles. The van der Waals surface area contributed by atoms with Crippen LogP contribution in [0.15, 0.2) is 24.3 Å². The summed E-state index contributed by atoms with van der Waals surface area (Å²) in [5.41, 5.74) is 2.96. The van der Waals surface area contributed by atoms with Gasteiger partial charge in [-0.15, -0.1) is 0 Å². The maximum absolute atomic E-state index is 11.6. The average Bonchev–Trinajstić information content (AvgIpc) is 2.83. The first kappa shape index (κ1) is 12.4. The van der Waals surface area contributed by atoms with Crippen LogP contribution in [-0.2, 0) is 4.84 Å². The van der Waals surface area contributed by atoms with Gasteiger partial charge in [-0.1, -0.05) is 11.6 Å². The molecule has 1 amide bonds. The van der Waals surface area contributed by atoms with Crippen molar-refractivity contribution in [1.29, 1.82) is 0 Å². The second kappa shape index (κ2) is 6.00. The fourth-order valence-electron chi connectivity index (χ4n) is 1.77. The number of hydroxylamine groups is 1. The van der Waals surface area contributed by atoms with Crippen LogP contribution >= 0.6 is 11.6 Å². The Labute approximate surface area is 105 Å². The Morgan fingerprint density at radius 2 is 2.24 bits per heavy atom. The fraction of sp³-hybridized carbons (Fsp3) is 0.417. The van der Waals surface area contributed by atoms with Crippen molar-refractivity contribution in [2.75, 3.05) is 13.2 Å². The van der Waals surface area contributed by atoms with Gasteiger partial charge in [0.1, 0.15) is 0 Å². The molecule has 1 heterocycles. The number of halogens is 1. The van der Waals surface area contributed by atoms with Crippen molar-refractivity contribution in [3.63, 3.8) is 0 Å². The predicted molar refractivity (Wildman–Crippen MR) is 65.9 cm³/mol. The number of hydrogen-bond donors (Lipinski definition) is 2. The van der Waals surface area contributed by atoms with E-state index in [9.17, 15) is 4.79 Å². The quantitative estimate of drug-likeness (QED) is 0.805. The molecule has 2 N–H and O–H groups in total. The summed E-state index contributed by atoms with van der Waals surface area (Å²) in [5, 5.41) is 3.89. The third kappa shape index (κ3) is 3.70. The van der Waals surface area contributed by atoms with Gasteiger partial charge in [0.15, 0.2) is 0 Å². The number of amides is 1. The molecule has 0 bridgehead atoms. The zero-order valence-electron chi connectivity index (χ0n) is 9.41. The molecule has 1 aliphatic heterocycles. The van der Waals surface area contributed by atoms with E-state index in [1.165, 1.54) is 6.42 Å². The third-order valence-corrected chi connectivity index (χ3v) is 2.97. The molecule has 1 fully saturated rings. The van der Waals surface area contributed by atoms with Gasteiger partial charge >= 0.3 is 0 Å². The van der Waals surface area contributed by atoms with Gasteiger partial charge in [0, 0.05) is 16.6 Å². The highest BCUT2D eigenvalue weighted by atomic mass is 35.5. The lowest BCUT2D eigenvalue weighted by atomic mass is 10.2. The predicted octanol–water partition coefficient (Wildman–Crippen LogP) is 1.75. The molecule has 1 aromatic carbocycles. The summed E-state index contributed by atoms with van der Waals surface area (Å²) >= 11 is 5.74. The van der Waals surface area contributed by atoms with E-state index in [0.29, 0.717) is 23.2 Å². The molecule has 0 radical (unpaired) electrons. The van der Waals surface area contributed by atoms with Crippen molar-refractivity contribution in [2.24, 2.45) is 0 Å². The number of benzene rings is 1. The monoisotopic (exact) mass is 254 g/mol. The summed E-state index contributed by atoms with van der Waals surface area (Å²) in [4.78, 5) is 16.8. The Morgan fingerprint density at radius 3 is 2.88 bits per heavy atom. The minimum absolute atomic E-state index is 0.250. The van der Waals surface area contributed by atoms with E-state index in [1.807, 2.05) is 0 Å². The SMILES string of the molecule is O=C(NOCC1CCCN1)c1ccc(Cl)cc1. The average molecular weight is 255 g/mol. The van der Waals surface area contributed by atoms with Crippen LogP contribution in [0.25, 0.3) is 0 Å². The minimum Gasteiger partial charge on any atom is -0.312 e. The van der Waals surface area contributed by atoms with Crippen LogP contribution in [0.4, 0.5) is 0 Å². The largest absolute Gasteiger partial charge is 0.312 e. The zero-order valence-corrected chi connectivity index (χ0v) is 10.2. The Hall–Kier alpha value is -1.10. The van der Waals surface area contributed by atoms with Crippen molar-refractivity contribution in [3.05, 3.63) is 34.9 Å². The Bertz CT molecular complexity index is 375. The van der Waals surface area contributed by atoms with Crippen LogP contribution in [0.3, 0.4) is 0 Å². The minimum atomic E-state index is -0.250. The van der Waals surface area contributed by atoms with Crippen LogP contribution in [-0.4, -0.2) is 25.1 Å². The first-order valence-electron chi connectivity index (χ1n) is 5.67. The van der Waals surface area contributed by atoms with Crippen LogP contribution in [0.1, 0.15) is 23.2 Å². The molecule has 1 aromatic rings. The van der Waals surface area contributed by atoms with Gasteiger partial charge in [0.2, 0.25) is 0 Å². The van der Waals surface area contributed by atoms with E-state index in [4.69, 9.17) is 16.4 Å². The van der Waals surface area contributed by atoms with Crippen molar-refractivity contribution < 1.29 is 9.63 Å². The van der Waals surface area contributed by atoms with Gasteiger partial charge in [0.25, 0.3) is 5.91 Å². The molecule has 1 saturated heterocycles. The van der Waals surface area contributed by atoms with Gasteiger partial charge in [-0.3, -0.25) is 9.63 Å². The summed E-state index contributed by atoms with van der Waals surface area (Å²) in [7, 11) is 0. The van der Waals surface area contributed by atoms with Crippen LogP contribution in [0, 0.1) is 0 Å². The van der Waals surface area contributed by atoms with Crippen molar-refractivity contribution in [1.82, 2.24) is 10.8 Å². The smallest absolute Gasteiger partial charge is 0.274 e. The van der Waals surface area contributed by atoms with Gasteiger partial charge in [0.05, 0.1) is 6.61 Å². The number of carbonyl (C=O) groups is 1. The van der Waals surface area contributed by atoms with Crippen LogP contribution in [0.2, 0.25) is 5.02 Å². The second-order valence-electron chi connectivity index (χ2n) is 4.04. The van der Waals surface area contributed by atoms with E-state index in [0.717, 1.165) is 13.0 Å². The molecule has 1 unspecified atom stereocenters. The molecule has 0 aliphatic carbocycles. The summed E-state index contributed by atoms with van der Waals surface area (Å²) < 4.78 is 0. The summed E-state index contributed by atoms with van der Waals surface area (Å²) in [6.07, 6.45) is 2.26. The lowest BCUT2D eigenvalue weighted by Gasteiger charge is -2.10. The molecular formula is C12H15ClN2O2. The fourth-order valence-corrected chi connectivity index (χ4v) is 1.89. The Balaban J connectivity index is 1.75. The van der Waals surface area contributed by atoms with E-state index in [-0.39, 0.29) is 5.91 Å². The van der Waals surface area contributed by atoms with E-state index >= 15 is 0 Å². The standard InChI is InChI=1S/C12H15ClN2O2/c13-10-5-3-9(4-6-10)12(16)15-17-8-11-2-1-7-14-11/h3-6,11,14H,1-2,7-8H2,(H,15,16). The molecule has 2 rings (SSSR count). The first-order chi connectivity index (χ1) is 8.25. The first-order valence-corrected chi connectivity index (χ1v) is 6.04. The van der Waals surface area contributed by atoms with Gasteiger partial charge < -0.3 is 5.32 Å². The molecule has 0 saturated carbocycles. The number of nitrogens with one attached hydrogen (secondary N) is 2. The maximum atomic E-state index is 11.6. The van der Waals surface area contributed by atoms with E-state index < -0.39 is 0 Å². The maximum Gasteiger partial charge on any atom is 0.274 e. The highest BCUT2D eigenvalue weighted by molar-refractivity contribution is 6.30. The van der Waals surface area contributed by atoms with Crippen molar-refractivity contribution >= 4 is 17.5 Å². The molecule has 1 aliphatic rings. The Morgan fingerprint density at radius 1 is 1.47 bits per heavy atom. The number of hydrogen-bond acceptors (Lipinski definition) is 3. The molecule has 0 spiro atoms. The second-order valence-corrected chi connectivity index (χ2v) is 4.48. The molecular weight excluding hydrogens is 240 g/mol. The highest BCUT2D eigenvalue weighted by Gasteiger charge is 2.14. The van der Waals surface area contributed by atoms with Crippen LogP contribution in [0.5, 0.6) is 0 Å². The third-order valence-electron chi connectivity index (χ3n) is 2.72. The van der Waals surface area contributed by atoms with E-state index in [1.54, 1.807) is 24.3 Å². The molecule has 17 heavy (non-hydrogen) atoms. The summed E-state index contributed by atoms with van der Waals surface area (Å²) in [6.45, 7) is 1.53. The zero-order chi connectivity index (χ0) is 12.1. The number of rotatable bonds is 4. The van der Waals surface area contributed by atoms with Crippen molar-refractivity contribution in [2.45, 2.75) is 18.9 Å². The van der Waals surface area contributed by atoms with Gasteiger partial charge in [-0.2, -0.15) is 0 Å². The van der Waals surface area contributed by atoms with Gasteiger partial charge in [-0.05, 0) is 43.7 Å². The Kier molecular flexibility index (Phi) is 4.36. The van der Waals surface area contributed by atoms with E-state index in [2.05, 4.69) is 10.8 Å². The topological polar surface area (TPSA) is 50.4 Å².